The van der Waals surface area contributed by atoms with Crippen LogP contribution in [-0.2, 0) is 0 Å². The highest BCUT2D eigenvalue weighted by Crippen LogP contribution is 2.16. The largest absolute Gasteiger partial charge is 0.477 e. The van der Waals surface area contributed by atoms with E-state index in [1.807, 2.05) is 0 Å². The first-order valence-corrected chi connectivity index (χ1v) is 4.58. The molecule has 2 aromatic rings. The Morgan fingerprint density at radius 2 is 1.94 bits per heavy atom. The van der Waals surface area contributed by atoms with Gasteiger partial charge in [-0.25, -0.2) is 24.7 Å². The number of carboxylic acid groups (broad SMARTS) is 1. The summed E-state index contributed by atoms with van der Waals surface area (Å²) >= 11 is 5.69. The molecule has 2 heterocycles. The first kappa shape index (κ1) is 10.4. The number of hydrogen-bond donors (Lipinski definition) is 1. The van der Waals surface area contributed by atoms with Gasteiger partial charge < -0.3 is 5.11 Å². The van der Waals surface area contributed by atoms with Crippen LogP contribution in [0.15, 0.2) is 24.8 Å². The van der Waals surface area contributed by atoms with Gasteiger partial charge >= 0.3 is 5.97 Å². The van der Waals surface area contributed by atoms with Crippen LogP contribution in [0.3, 0.4) is 0 Å². The van der Waals surface area contributed by atoms with Crippen molar-refractivity contribution < 1.29 is 9.90 Å². The second kappa shape index (κ2) is 4.19. The van der Waals surface area contributed by atoms with Gasteiger partial charge in [0, 0.05) is 18.5 Å². The van der Waals surface area contributed by atoms with Crippen molar-refractivity contribution in [2.75, 3.05) is 0 Å². The van der Waals surface area contributed by atoms with E-state index in [9.17, 15) is 4.79 Å². The van der Waals surface area contributed by atoms with Crippen LogP contribution in [0.4, 0.5) is 0 Å². The molecule has 0 atom stereocenters. The molecule has 0 unspecified atom stereocenters. The zero-order chi connectivity index (χ0) is 11.5. The minimum atomic E-state index is -1.16. The minimum absolute atomic E-state index is 0.0613. The average Bonchev–Trinajstić information content (AvgIpc) is 2.29. The average molecular weight is 237 g/mol. The van der Waals surface area contributed by atoms with Crippen molar-refractivity contribution in [3.63, 3.8) is 0 Å². The zero-order valence-corrected chi connectivity index (χ0v) is 8.59. The lowest BCUT2D eigenvalue weighted by Crippen LogP contribution is -2.03. The summed E-state index contributed by atoms with van der Waals surface area (Å²) in [7, 11) is 0. The zero-order valence-electron chi connectivity index (χ0n) is 7.83. The van der Waals surface area contributed by atoms with Gasteiger partial charge in [0.05, 0.1) is 5.56 Å². The predicted molar refractivity (Wildman–Crippen MR) is 55.0 cm³/mol. The third kappa shape index (κ3) is 2.12. The van der Waals surface area contributed by atoms with Gasteiger partial charge in [0.15, 0.2) is 11.5 Å². The third-order valence-electron chi connectivity index (χ3n) is 1.73. The van der Waals surface area contributed by atoms with Crippen LogP contribution in [0.5, 0.6) is 0 Å². The highest BCUT2D eigenvalue weighted by Gasteiger charge is 2.10. The lowest BCUT2D eigenvalue weighted by molar-refractivity contribution is 0.0690. The summed E-state index contributed by atoms with van der Waals surface area (Å²) in [6, 6.07) is 1.18. The van der Waals surface area contributed by atoms with E-state index >= 15 is 0 Å². The van der Waals surface area contributed by atoms with Crippen molar-refractivity contribution in [1.82, 2.24) is 19.9 Å². The molecular formula is C9H5ClN4O2. The summed E-state index contributed by atoms with van der Waals surface area (Å²) in [6.07, 6.45) is 4.31. The molecule has 6 nitrogen and oxygen atoms in total. The SMILES string of the molecule is O=C(O)c1cc(Cl)nc(-c2cncnc2)n1. The standard InChI is InChI=1S/C9H5ClN4O2/c10-7-1-6(9(15)16)13-8(14-7)5-2-11-4-12-3-5/h1-4H,(H,15,16). The molecule has 0 aliphatic rings. The lowest BCUT2D eigenvalue weighted by atomic mass is 10.3. The summed E-state index contributed by atoms with van der Waals surface area (Å²) < 4.78 is 0. The van der Waals surface area contributed by atoms with Crippen LogP contribution in [0.1, 0.15) is 10.5 Å². The van der Waals surface area contributed by atoms with Crippen LogP contribution in [-0.4, -0.2) is 31.0 Å². The molecule has 1 N–H and O–H groups in total. The van der Waals surface area contributed by atoms with E-state index in [1.54, 1.807) is 0 Å². The molecule has 2 aromatic heterocycles. The second-order valence-corrected chi connectivity index (χ2v) is 3.22. The third-order valence-corrected chi connectivity index (χ3v) is 1.93. The molecule has 16 heavy (non-hydrogen) atoms. The Bertz CT molecular complexity index is 532. The molecule has 2 rings (SSSR count). The lowest BCUT2D eigenvalue weighted by Gasteiger charge is -2.01. The van der Waals surface area contributed by atoms with E-state index in [0.29, 0.717) is 5.56 Å². The number of rotatable bonds is 2. The topological polar surface area (TPSA) is 88.9 Å². The molecule has 0 saturated carbocycles. The Morgan fingerprint density at radius 3 is 2.56 bits per heavy atom. The summed E-state index contributed by atoms with van der Waals surface area (Å²) in [5, 5.41) is 8.86. The highest BCUT2D eigenvalue weighted by molar-refractivity contribution is 6.29. The molecular weight excluding hydrogens is 232 g/mol. The van der Waals surface area contributed by atoms with E-state index in [2.05, 4.69) is 19.9 Å². The van der Waals surface area contributed by atoms with E-state index in [-0.39, 0.29) is 16.7 Å². The van der Waals surface area contributed by atoms with Gasteiger partial charge in [-0.05, 0) is 0 Å². The Balaban J connectivity index is 2.54. The molecule has 0 aliphatic carbocycles. The molecule has 0 aliphatic heterocycles. The highest BCUT2D eigenvalue weighted by atomic mass is 35.5. The maximum Gasteiger partial charge on any atom is 0.354 e. The maximum atomic E-state index is 10.8. The van der Waals surface area contributed by atoms with Gasteiger partial charge in [-0.1, -0.05) is 11.6 Å². The van der Waals surface area contributed by atoms with Crippen molar-refractivity contribution in [3.8, 4) is 11.4 Å². The fourth-order valence-corrected chi connectivity index (χ4v) is 1.25. The Labute approximate surface area is 95.0 Å². The van der Waals surface area contributed by atoms with E-state index in [0.717, 1.165) is 0 Å². The quantitative estimate of drug-likeness (QED) is 0.791. The van der Waals surface area contributed by atoms with Gasteiger partial charge in [0.25, 0.3) is 0 Å². The summed E-state index contributed by atoms with van der Waals surface area (Å²) in [5.41, 5.74) is 0.339. The molecule has 7 heteroatoms. The predicted octanol–water partition coefficient (Wildman–Crippen LogP) is 1.29. The van der Waals surface area contributed by atoms with Crippen molar-refractivity contribution >= 4 is 17.6 Å². The smallest absolute Gasteiger partial charge is 0.354 e. The number of aromatic nitrogens is 4. The van der Waals surface area contributed by atoms with Gasteiger partial charge in [-0.15, -0.1) is 0 Å². The van der Waals surface area contributed by atoms with Gasteiger partial charge in [-0.3, -0.25) is 0 Å². The van der Waals surface area contributed by atoms with Crippen molar-refractivity contribution in [2.24, 2.45) is 0 Å². The van der Waals surface area contributed by atoms with Crippen LogP contribution in [0, 0.1) is 0 Å². The van der Waals surface area contributed by atoms with Crippen molar-refractivity contribution in [1.29, 1.82) is 0 Å². The van der Waals surface area contributed by atoms with Crippen molar-refractivity contribution in [3.05, 3.63) is 35.6 Å². The fraction of sp³-hybridized carbons (Fsp3) is 0. The summed E-state index contributed by atoms with van der Waals surface area (Å²) in [5.74, 6) is -0.979. The molecule has 0 spiro atoms. The Morgan fingerprint density at radius 1 is 1.25 bits per heavy atom. The van der Waals surface area contributed by atoms with Crippen LogP contribution < -0.4 is 0 Å². The van der Waals surface area contributed by atoms with E-state index in [4.69, 9.17) is 16.7 Å². The molecule has 0 bridgehead atoms. The van der Waals surface area contributed by atoms with E-state index in [1.165, 1.54) is 24.8 Å². The molecule has 0 amide bonds. The van der Waals surface area contributed by atoms with E-state index < -0.39 is 5.97 Å². The monoisotopic (exact) mass is 236 g/mol. The Kier molecular flexibility index (Phi) is 2.74. The van der Waals surface area contributed by atoms with Gasteiger partial charge in [-0.2, -0.15) is 0 Å². The van der Waals surface area contributed by atoms with Crippen LogP contribution in [0.25, 0.3) is 11.4 Å². The second-order valence-electron chi connectivity index (χ2n) is 2.83. The first-order chi connectivity index (χ1) is 7.66. The summed E-state index contributed by atoms with van der Waals surface area (Å²) in [4.78, 5) is 26.0. The number of aromatic carboxylic acids is 1. The van der Waals surface area contributed by atoms with Crippen LogP contribution in [0.2, 0.25) is 5.15 Å². The molecule has 0 saturated heterocycles. The van der Waals surface area contributed by atoms with Gasteiger partial charge in [0.1, 0.15) is 11.5 Å². The van der Waals surface area contributed by atoms with Gasteiger partial charge in [0.2, 0.25) is 0 Å². The summed E-state index contributed by atoms with van der Waals surface area (Å²) in [6.45, 7) is 0. The fourth-order valence-electron chi connectivity index (χ4n) is 1.07. The molecule has 0 aromatic carbocycles. The van der Waals surface area contributed by atoms with Crippen LogP contribution >= 0.6 is 11.6 Å². The molecule has 0 radical (unpaired) electrons. The number of halogens is 1. The molecule has 80 valence electrons. The minimum Gasteiger partial charge on any atom is -0.477 e. The number of nitrogens with zero attached hydrogens (tertiary/aromatic N) is 4. The first-order valence-electron chi connectivity index (χ1n) is 4.20. The number of carbonyl (C=O) groups is 1. The number of hydrogen-bond acceptors (Lipinski definition) is 5. The Hall–Kier alpha value is -2.08. The normalized spacial score (nSPS) is 10.1. The van der Waals surface area contributed by atoms with Crippen molar-refractivity contribution in [2.45, 2.75) is 0 Å². The number of carboxylic acids is 1. The maximum absolute atomic E-state index is 10.8. The molecule has 0 fully saturated rings.